The lowest BCUT2D eigenvalue weighted by Gasteiger charge is -2.22. The van der Waals surface area contributed by atoms with Crippen molar-refractivity contribution in [3.05, 3.63) is 11.6 Å². The quantitative estimate of drug-likeness (QED) is 0.676. The Morgan fingerprint density at radius 3 is 2.95 bits per heavy atom. The lowest BCUT2D eigenvalue weighted by atomic mass is 9.99. The summed E-state index contributed by atoms with van der Waals surface area (Å²) in [4.78, 5) is 27.2. The van der Waals surface area contributed by atoms with E-state index in [0.29, 0.717) is 18.9 Å². The molecule has 1 atom stereocenters. The Morgan fingerprint density at radius 1 is 1.58 bits per heavy atom. The summed E-state index contributed by atoms with van der Waals surface area (Å²) < 4.78 is 5.06. The molecule has 1 aliphatic rings. The number of hydrogen-bond donors (Lipinski definition) is 3. The third kappa shape index (κ3) is 2.73. The normalized spacial score (nSPS) is 22.4. The van der Waals surface area contributed by atoms with Crippen LogP contribution in [0, 0.1) is 0 Å². The minimum atomic E-state index is -1.37. The van der Waals surface area contributed by atoms with Gasteiger partial charge in [-0.05, 0) is 6.42 Å². The second kappa shape index (κ2) is 5.35. The van der Waals surface area contributed by atoms with Crippen LogP contribution >= 0.6 is 0 Å². The van der Waals surface area contributed by atoms with Gasteiger partial charge in [-0.15, -0.1) is 5.10 Å². The Kier molecular flexibility index (Phi) is 3.79. The first-order chi connectivity index (χ1) is 9.07. The molecule has 0 aromatic carbocycles. The molecule has 2 heterocycles. The first-order valence-electron chi connectivity index (χ1n) is 6.12. The lowest BCUT2D eigenvalue weighted by molar-refractivity contribution is -0.144. The minimum absolute atomic E-state index is 0.0414. The van der Waals surface area contributed by atoms with Crippen LogP contribution in [0.25, 0.3) is 0 Å². The molecule has 1 saturated heterocycles. The highest BCUT2D eigenvalue weighted by Crippen LogP contribution is 2.19. The van der Waals surface area contributed by atoms with E-state index in [-0.39, 0.29) is 18.9 Å². The summed E-state index contributed by atoms with van der Waals surface area (Å²) in [5, 5.41) is 18.1. The fourth-order valence-electron chi connectivity index (χ4n) is 1.90. The molecule has 8 heteroatoms. The van der Waals surface area contributed by atoms with Crippen LogP contribution in [0.3, 0.4) is 0 Å². The maximum Gasteiger partial charge on any atom is 0.331 e. The van der Waals surface area contributed by atoms with E-state index in [2.05, 4.69) is 20.5 Å². The molecule has 8 nitrogen and oxygen atoms in total. The zero-order valence-electron chi connectivity index (χ0n) is 10.6. The fourth-order valence-corrected chi connectivity index (χ4v) is 1.90. The highest BCUT2D eigenvalue weighted by Gasteiger charge is 2.44. The van der Waals surface area contributed by atoms with E-state index in [9.17, 15) is 14.7 Å². The number of nitrogens with zero attached hydrogens (tertiary/aromatic N) is 2. The van der Waals surface area contributed by atoms with Gasteiger partial charge in [0.05, 0.1) is 6.61 Å². The SMILES string of the molecule is CCCc1nc(C(=O)NC2(C(=O)O)CCOC2)n[nH]1. The molecule has 104 valence electrons. The standard InChI is InChI=1S/C11H16N4O4/c1-2-3-7-12-8(15-14-7)9(16)13-11(10(17)18)4-5-19-6-11/h2-6H2,1H3,(H,13,16)(H,17,18)(H,12,14,15). The van der Waals surface area contributed by atoms with E-state index in [1.807, 2.05) is 6.92 Å². The molecule has 0 radical (unpaired) electrons. The highest BCUT2D eigenvalue weighted by atomic mass is 16.5. The molecule has 0 saturated carbocycles. The van der Waals surface area contributed by atoms with Crippen molar-refractivity contribution in [1.82, 2.24) is 20.5 Å². The molecule has 1 aliphatic heterocycles. The second-order valence-electron chi connectivity index (χ2n) is 4.50. The first-order valence-corrected chi connectivity index (χ1v) is 6.12. The number of rotatable bonds is 5. The Morgan fingerprint density at radius 2 is 2.37 bits per heavy atom. The number of aryl methyl sites for hydroxylation is 1. The maximum absolute atomic E-state index is 12.0. The van der Waals surface area contributed by atoms with Crippen molar-refractivity contribution in [2.75, 3.05) is 13.2 Å². The van der Waals surface area contributed by atoms with E-state index < -0.39 is 17.4 Å². The van der Waals surface area contributed by atoms with E-state index in [4.69, 9.17) is 4.74 Å². The summed E-state index contributed by atoms with van der Waals surface area (Å²) in [6, 6.07) is 0. The predicted octanol–water partition coefficient (Wildman–Crippen LogP) is -0.269. The molecule has 3 N–H and O–H groups in total. The summed E-state index contributed by atoms with van der Waals surface area (Å²) in [6.07, 6.45) is 1.80. The van der Waals surface area contributed by atoms with Crippen LogP contribution < -0.4 is 5.32 Å². The Bertz CT molecular complexity index is 479. The Hall–Kier alpha value is -1.96. The van der Waals surface area contributed by atoms with Gasteiger partial charge in [-0.1, -0.05) is 6.92 Å². The van der Waals surface area contributed by atoms with E-state index in [1.54, 1.807) is 0 Å². The van der Waals surface area contributed by atoms with Gasteiger partial charge in [-0.2, -0.15) is 0 Å². The van der Waals surface area contributed by atoms with Gasteiger partial charge >= 0.3 is 5.97 Å². The van der Waals surface area contributed by atoms with Gasteiger partial charge < -0.3 is 15.2 Å². The topological polar surface area (TPSA) is 117 Å². The van der Waals surface area contributed by atoms with Crippen molar-refractivity contribution in [2.24, 2.45) is 0 Å². The molecule has 1 aromatic heterocycles. The number of hydrogen-bond acceptors (Lipinski definition) is 5. The number of carbonyl (C=O) groups excluding carboxylic acids is 1. The zero-order valence-corrected chi connectivity index (χ0v) is 10.6. The number of aromatic nitrogens is 3. The fraction of sp³-hybridized carbons (Fsp3) is 0.636. The van der Waals surface area contributed by atoms with E-state index in [0.717, 1.165) is 6.42 Å². The van der Waals surface area contributed by atoms with Crippen LogP contribution in [0.5, 0.6) is 0 Å². The lowest BCUT2D eigenvalue weighted by Crippen LogP contribution is -2.55. The van der Waals surface area contributed by atoms with Gasteiger partial charge in [-0.25, -0.2) is 9.78 Å². The molecule has 1 aromatic rings. The number of amides is 1. The van der Waals surface area contributed by atoms with Crippen molar-refractivity contribution in [1.29, 1.82) is 0 Å². The average Bonchev–Trinajstić information content (AvgIpc) is 2.99. The van der Waals surface area contributed by atoms with E-state index >= 15 is 0 Å². The van der Waals surface area contributed by atoms with Crippen LogP contribution in [-0.2, 0) is 16.0 Å². The van der Waals surface area contributed by atoms with E-state index in [1.165, 1.54) is 0 Å². The summed E-state index contributed by atoms with van der Waals surface area (Å²) in [5.74, 6) is -1.15. The molecule has 0 bridgehead atoms. The number of carboxylic acids is 1. The minimum Gasteiger partial charge on any atom is -0.479 e. The summed E-state index contributed by atoms with van der Waals surface area (Å²) in [7, 11) is 0. The number of carbonyl (C=O) groups is 2. The van der Waals surface area contributed by atoms with Gasteiger partial charge in [0.25, 0.3) is 5.91 Å². The van der Waals surface area contributed by atoms with Crippen LogP contribution in [-0.4, -0.2) is 50.9 Å². The number of H-pyrrole nitrogens is 1. The zero-order chi connectivity index (χ0) is 13.9. The van der Waals surface area contributed by atoms with Gasteiger partial charge in [0, 0.05) is 19.4 Å². The summed E-state index contributed by atoms with van der Waals surface area (Å²) in [5.41, 5.74) is -1.37. The molecule has 1 fully saturated rings. The number of carboxylic acid groups (broad SMARTS) is 1. The van der Waals surface area contributed by atoms with Gasteiger partial charge in [0.15, 0.2) is 5.54 Å². The number of aliphatic carboxylic acids is 1. The molecule has 1 amide bonds. The van der Waals surface area contributed by atoms with Crippen LogP contribution in [0.1, 0.15) is 36.2 Å². The van der Waals surface area contributed by atoms with Crippen molar-refractivity contribution >= 4 is 11.9 Å². The van der Waals surface area contributed by atoms with Gasteiger partial charge in [0.1, 0.15) is 5.82 Å². The third-order valence-corrected chi connectivity index (χ3v) is 3.01. The third-order valence-electron chi connectivity index (χ3n) is 3.01. The largest absolute Gasteiger partial charge is 0.479 e. The number of nitrogens with one attached hydrogen (secondary N) is 2. The molecule has 0 aliphatic carbocycles. The molecule has 1 unspecified atom stereocenters. The first kappa shape index (κ1) is 13.5. The van der Waals surface area contributed by atoms with Crippen molar-refractivity contribution in [3.8, 4) is 0 Å². The van der Waals surface area contributed by atoms with Gasteiger partial charge in [-0.3, -0.25) is 9.89 Å². The van der Waals surface area contributed by atoms with Crippen LogP contribution in [0.15, 0.2) is 0 Å². The second-order valence-corrected chi connectivity index (χ2v) is 4.50. The van der Waals surface area contributed by atoms with Crippen LogP contribution in [0.4, 0.5) is 0 Å². The number of ether oxygens (including phenoxy) is 1. The van der Waals surface area contributed by atoms with Crippen molar-refractivity contribution < 1.29 is 19.4 Å². The monoisotopic (exact) mass is 268 g/mol. The molecule has 2 rings (SSSR count). The summed E-state index contributed by atoms with van der Waals surface area (Å²) >= 11 is 0. The number of aromatic amines is 1. The molecule has 19 heavy (non-hydrogen) atoms. The molecular weight excluding hydrogens is 252 g/mol. The maximum atomic E-state index is 12.0. The Labute approximate surface area is 109 Å². The summed E-state index contributed by atoms with van der Waals surface area (Å²) in [6.45, 7) is 2.25. The van der Waals surface area contributed by atoms with Crippen molar-refractivity contribution in [2.45, 2.75) is 31.7 Å². The van der Waals surface area contributed by atoms with Gasteiger partial charge in [0.2, 0.25) is 5.82 Å². The van der Waals surface area contributed by atoms with Crippen molar-refractivity contribution in [3.63, 3.8) is 0 Å². The predicted molar refractivity (Wildman–Crippen MR) is 63.6 cm³/mol. The molecule has 0 spiro atoms. The highest BCUT2D eigenvalue weighted by molar-refractivity contribution is 5.95. The van der Waals surface area contributed by atoms with Crippen LogP contribution in [0.2, 0.25) is 0 Å². The Balaban J connectivity index is 2.08. The molecular formula is C11H16N4O4. The smallest absolute Gasteiger partial charge is 0.331 e. The average molecular weight is 268 g/mol.